The second-order valence-corrected chi connectivity index (χ2v) is 3.47. The average Bonchev–Trinajstić information content (AvgIpc) is 2.83. The van der Waals surface area contributed by atoms with E-state index >= 15 is 0 Å². The van der Waals surface area contributed by atoms with Crippen molar-refractivity contribution >= 4 is 7.85 Å². The van der Waals surface area contributed by atoms with Gasteiger partial charge >= 0.3 is 0 Å². The average molecular weight is 178 g/mol. The highest BCUT2D eigenvalue weighted by atomic mass is 19.3. The van der Waals surface area contributed by atoms with Gasteiger partial charge < -0.3 is 0 Å². The van der Waals surface area contributed by atoms with E-state index in [1.165, 1.54) is 12.1 Å². The lowest BCUT2D eigenvalue weighted by molar-refractivity contribution is 0.151. The Bertz CT molecular complexity index is 294. The normalized spacial score (nSPS) is 26.4. The second-order valence-electron chi connectivity index (χ2n) is 3.47. The van der Waals surface area contributed by atoms with E-state index in [-0.39, 0.29) is 11.4 Å². The lowest BCUT2D eigenvalue weighted by atomic mass is 9.96. The molecule has 1 aliphatic rings. The Morgan fingerprint density at radius 2 is 1.77 bits per heavy atom. The summed E-state index contributed by atoms with van der Waals surface area (Å²) < 4.78 is 24.3. The van der Waals surface area contributed by atoms with Gasteiger partial charge in [0, 0.05) is 5.56 Å². The predicted octanol–water partition coefficient (Wildman–Crippen LogP) is 3.07. The molecule has 66 valence electrons. The maximum absolute atomic E-state index is 12.2. The van der Waals surface area contributed by atoms with Crippen molar-refractivity contribution in [2.75, 3.05) is 0 Å². The molecule has 2 atom stereocenters. The molecular weight excluding hydrogens is 169 g/mol. The summed E-state index contributed by atoms with van der Waals surface area (Å²) in [5.41, 5.74) is 1.16. The second kappa shape index (κ2) is 3.13. The molecule has 1 aromatic carbocycles. The van der Waals surface area contributed by atoms with E-state index in [9.17, 15) is 8.78 Å². The highest BCUT2D eigenvalue weighted by Crippen LogP contribution is 2.50. The maximum Gasteiger partial charge on any atom is 0.263 e. The Morgan fingerprint density at radius 3 is 2.15 bits per heavy atom. The van der Waals surface area contributed by atoms with E-state index in [0.29, 0.717) is 5.92 Å². The van der Waals surface area contributed by atoms with Crippen LogP contribution in [0.2, 0.25) is 5.82 Å². The minimum Gasteiger partial charge on any atom is -0.205 e. The van der Waals surface area contributed by atoms with Gasteiger partial charge in [-0.05, 0) is 11.5 Å². The van der Waals surface area contributed by atoms with Gasteiger partial charge in [-0.2, -0.15) is 0 Å². The number of halogens is 2. The molecule has 1 fully saturated rings. The summed E-state index contributed by atoms with van der Waals surface area (Å²) in [6, 6.07) is 6.45. The first-order valence-electron chi connectivity index (χ1n) is 4.32. The molecule has 0 aliphatic heterocycles. The molecule has 3 heteroatoms. The van der Waals surface area contributed by atoms with Crippen LogP contribution in [0.5, 0.6) is 0 Å². The van der Waals surface area contributed by atoms with E-state index < -0.39 is 6.43 Å². The Labute approximate surface area is 77.4 Å². The third-order valence-corrected chi connectivity index (χ3v) is 2.46. The van der Waals surface area contributed by atoms with E-state index in [4.69, 9.17) is 7.85 Å². The lowest BCUT2D eigenvalue weighted by Crippen LogP contribution is -1.85. The van der Waals surface area contributed by atoms with Crippen LogP contribution in [0.25, 0.3) is 0 Å². The van der Waals surface area contributed by atoms with Crippen LogP contribution in [0.3, 0.4) is 0 Å². The number of alkyl halides is 2. The lowest BCUT2D eigenvalue weighted by Gasteiger charge is -2.01. The van der Waals surface area contributed by atoms with Gasteiger partial charge in [0.05, 0.1) is 7.85 Å². The number of benzene rings is 1. The summed E-state index contributed by atoms with van der Waals surface area (Å²) >= 11 is 0. The minimum atomic E-state index is -2.37. The summed E-state index contributed by atoms with van der Waals surface area (Å²) in [7, 11) is 5.65. The maximum atomic E-state index is 12.2. The zero-order valence-corrected chi connectivity index (χ0v) is 7.08. The molecule has 13 heavy (non-hydrogen) atoms. The summed E-state index contributed by atoms with van der Waals surface area (Å²) in [6.45, 7) is 0. The van der Waals surface area contributed by atoms with Crippen molar-refractivity contribution in [3.05, 3.63) is 35.4 Å². The van der Waals surface area contributed by atoms with Crippen LogP contribution in [-0.2, 0) is 0 Å². The van der Waals surface area contributed by atoms with Crippen LogP contribution < -0.4 is 0 Å². The van der Waals surface area contributed by atoms with Gasteiger partial charge in [0.1, 0.15) is 0 Å². The molecule has 0 saturated heterocycles. The summed E-state index contributed by atoms with van der Waals surface area (Å²) in [6.07, 6.45) is -1.39. The van der Waals surface area contributed by atoms with Crippen LogP contribution in [0.1, 0.15) is 29.9 Å². The Kier molecular flexibility index (Phi) is 2.10. The van der Waals surface area contributed by atoms with Crippen molar-refractivity contribution in [2.24, 2.45) is 0 Å². The first-order valence-corrected chi connectivity index (χ1v) is 4.32. The molecular formula is C10H9BF2. The van der Waals surface area contributed by atoms with E-state index in [1.807, 2.05) is 0 Å². The van der Waals surface area contributed by atoms with Crippen molar-refractivity contribution in [1.82, 2.24) is 0 Å². The molecule has 0 unspecified atom stereocenters. The molecule has 1 aromatic rings. The van der Waals surface area contributed by atoms with Gasteiger partial charge in [-0.1, -0.05) is 36.5 Å². The Balaban J connectivity index is 2.14. The molecule has 1 saturated carbocycles. The monoisotopic (exact) mass is 178 g/mol. The smallest absolute Gasteiger partial charge is 0.205 e. The standard InChI is InChI=1S/C10H9BF2/c11-9-5-8(9)6-1-3-7(4-2-6)10(12)13/h1-4,8-10H,5H2/t8-,9+/m1/s1. The van der Waals surface area contributed by atoms with Crippen molar-refractivity contribution in [3.8, 4) is 0 Å². The van der Waals surface area contributed by atoms with E-state index in [0.717, 1.165) is 12.0 Å². The van der Waals surface area contributed by atoms with Crippen LogP contribution in [0, 0.1) is 0 Å². The molecule has 0 spiro atoms. The number of rotatable bonds is 2. The largest absolute Gasteiger partial charge is 0.263 e. The molecule has 0 heterocycles. The van der Waals surface area contributed by atoms with Gasteiger partial charge in [-0.15, -0.1) is 0 Å². The fourth-order valence-corrected chi connectivity index (χ4v) is 1.49. The summed E-state index contributed by atoms with van der Waals surface area (Å²) in [4.78, 5) is 0. The zero-order chi connectivity index (χ0) is 9.42. The topological polar surface area (TPSA) is 0 Å². The third-order valence-electron chi connectivity index (χ3n) is 2.46. The van der Waals surface area contributed by atoms with Gasteiger partial charge in [0.2, 0.25) is 0 Å². The first-order chi connectivity index (χ1) is 6.18. The van der Waals surface area contributed by atoms with Crippen molar-refractivity contribution < 1.29 is 8.78 Å². The zero-order valence-electron chi connectivity index (χ0n) is 7.08. The molecule has 0 nitrogen and oxygen atoms in total. The molecule has 1 aliphatic carbocycles. The minimum absolute atomic E-state index is 0.0815. The van der Waals surface area contributed by atoms with E-state index in [1.54, 1.807) is 12.1 Å². The van der Waals surface area contributed by atoms with Crippen molar-refractivity contribution in [2.45, 2.75) is 24.6 Å². The Morgan fingerprint density at radius 1 is 1.23 bits per heavy atom. The highest BCUT2D eigenvalue weighted by molar-refractivity contribution is 6.14. The van der Waals surface area contributed by atoms with Crippen LogP contribution in [0.15, 0.2) is 24.3 Å². The fourth-order valence-electron chi connectivity index (χ4n) is 1.49. The quantitative estimate of drug-likeness (QED) is 0.610. The SMILES string of the molecule is [B][C@H]1C[C@@H]1c1ccc(C(F)F)cc1. The molecule has 2 radical (unpaired) electrons. The van der Waals surface area contributed by atoms with Gasteiger partial charge in [-0.25, -0.2) is 8.78 Å². The Hall–Kier alpha value is -0.855. The summed E-state index contributed by atoms with van der Waals surface area (Å²) in [5.74, 6) is 0.629. The van der Waals surface area contributed by atoms with Crippen molar-refractivity contribution in [1.29, 1.82) is 0 Å². The van der Waals surface area contributed by atoms with Crippen LogP contribution >= 0.6 is 0 Å². The van der Waals surface area contributed by atoms with Crippen LogP contribution in [0.4, 0.5) is 8.78 Å². The molecule has 0 aromatic heterocycles. The van der Waals surface area contributed by atoms with Crippen molar-refractivity contribution in [3.63, 3.8) is 0 Å². The van der Waals surface area contributed by atoms with E-state index in [2.05, 4.69) is 0 Å². The van der Waals surface area contributed by atoms with Gasteiger partial charge in [0.25, 0.3) is 6.43 Å². The van der Waals surface area contributed by atoms with Gasteiger partial charge in [-0.3, -0.25) is 0 Å². The molecule has 2 rings (SSSR count). The first kappa shape index (κ1) is 8.73. The molecule has 0 N–H and O–H groups in total. The highest BCUT2D eigenvalue weighted by Gasteiger charge is 2.33. The molecule has 0 bridgehead atoms. The van der Waals surface area contributed by atoms with Gasteiger partial charge in [0.15, 0.2) is 0 Å². The van der Waals surface area contributed by atoms with Crippen LogP contribution in [-0.4, -0.2) is 7.85 Å². The predicted molar refractivity (Wildman–Crippen MR) is 48.3 cm³/mol. The fraction of sp³-hybridized carbons (Fsp3) is 0.400. The number of hydrogen-bond donors (Lipinski definition) is 0. The summed E-state index contributed by atoms with van der Waals surface area (Å²) in [5, 5.41) is 0. The number of hydrogen-bond acceptors (Lipinski definition) is 0. The third kappa shape index (κ3) is 1.74. The molecule has 0 amide bonds.